The Balaban J connectivity index is 1.14. The first-order valence-electron chi connectivity index (χ1n) is 13.6. The summed E-state index contributed by atoms with van der Waals surface area (Å²) >= 11 is 0. The van der Waals surface area contributed by atoms with E-state index in [9.17, 15) is 24.0 Å². The Kier molecular flexibility index (Phi) is 6.53. The Morgan fingerprint density at radius 1 is 1.09 bits per heavy atom. The first-order valence-corrected chi connectivity index (χ1v) is 13.6. The molecule has 2 aromatic carbocycles. The molecule has 0 unspecified atom stereocenters. The Bertz CT molecular complexity index is 2110. The van der Waals surface area contributed by atoms with E-state index < -0.39 is 23.5 Å². The van der Waals surface area contributed by atoms with E-state index in [1.54, 1.807) is 24.3 Å². The molecule has 17 nitrogen and oxygen atoms in total. The number of nitrogens with one attached hydrogen (secondary N) is 4. The van der Waals surface area contributed by atoms with E-state index in [4.69, 9.17) is 10.5 Å². The monoisotopic (exact) mass is 610 g/mol. The molecule has 0 saturated heterocycles. The van der Waals surface area contributed by atoms with Crippen LogP contribution < -0.4 is 32.2 Å². The van der Waals surface area contributed by atoms with Gasteiger partial charge in [0, 0.05) is 18.2 Å². The van der Waals surface area contributed by atoms with Gasteiger partial charge in [-0.25, -0.2) is 9.78 Å². The highest BCUT2D eigenvalue weighted by atomic mass is 16.5. The van der Waals surface area contributed by atoms with Crippen LogP contribution in [0.3, 0.4) is 0 Å². The SMILES string of the molecule is NC(=O)c1nnn2c(C(=O)NCc3ccc4c(c3)NC(=O)CO4)cc(C(=O)N[C@H]3CCc4cc(-c5noc(=O)[nH]5)ccc43)nc12. The molecule has 7 rings (SSSR count). The Morgan fingerprint density at radius 2 is 1.96 bits per heavy atom. The average Bonchev–Trinajstić information content (AvgIpc) is 3.77. The second kappa shape index (κ2) is 10.7. The standard InChI is InChI=1S/C28H22N10O7/c29-23(40)22-25-32-18(26(41)33-16-5-3-13-8-14(2-4-15(13)16)24-34-28(43)45-36-24)9-19(38(25)37-35-22)27(42)30-10-12-1-6-20-17(7-12)31-21(39)11-44-20/h1-2,4,6-9,16H,3,5,10-11H2,(H2,29,40)(H,30,42)(H,31,39)(H,33,41)(H,34,36,43)/t16-/m0/s1. The number of anilines is 1. The third-order valence-electron chi connectivity index (χ3n) is 7.44. The predicted octanol–water partition coefficient (Wildman–Crippen LogP) is 0.245. The quantitative estimate of drug-likeness (QED) is 0.167. The molecule has 1 aliphatic carbocycles. The molecule has 0 saturated carbocycles. The van der Waals surface area contributed by atoms with Gasteiger partial charge in [-0.1, -0.05) is 28.6 Å². The fourth-order valence-electron chi connectivity index (χ4n) is 5.33. The lowest BCUT2D eigenvalue weighted by Crippen LogP contribution is -2.30. The van der Waals surface area contributed by atoms with Gasteiger partial charge in [-0.3, -0.25) is 28.7 Å². The van der Waals surface area contributed by atoms with E-state index in [2.05, 4.69) is 45.9 Å². The van der Waals surface area contributed by atoms with Crippen LogP contribution in [0.25, 0.3) is 17.0 Å². The van der Waals surface area contributed by atoms with Crippen molar-refractivity contribution in [1.82, 2.24) is 40.6 Å². The number of nitrogens with two attached hydrogens (primary N) is 1. The number of aromatic nitrogens is 6. The van der Waals surface area contributed by atoms with Crippen molar-refractivity contribution in [2.75, 3.05) is 11.9 Å². The zero-order chi connectivity index (χ0) is 31.2. The fourth-order valence-corrected chi connectivity index (χ4v) is 5.33. The molecule has 2 aliphatic rings. The van der Waals surface area contributed by atoms with Gasteiger partial charge in [0.05, 0.1) is 11.7 Å². The van der Waals surface area contributed by atoms with Crippen molar-refractivity contribution < 1.29 is 28.4 Å². The van der Waals surface area contributed by atoms with E-state index in [0.29, 0.717) is 41.2 Å². The fraction of sp³-hybridized carbons (Fsp3) is 0.179. The summed E-state index contributed by atoms with van der Waals surface area (Å²) in [5, 5.41) is 19.7. The predicted molar refractivity (Wildman–Crippen MR) is 152 cm³/mol. The van der Waals surface area contributed by atoms with Crippen LogP contribution in [0.1, 0.15) is 60.6 Å². The molecule has 0 radical (unpaired) electrons. The summed E-state index contributed by atoms with van der Waals surface area (Å²) in [7, 11) is 0. The van der Waals surface area contributed by atoms with E-state index in [1.165, 1.54) is 6.07 Å². The van der Waals surface area contributed by atoms with Crippen LogP contribution in [0, 0.1) is 0 Å². The molecular formula is C28H22N10O7. The summed E-state index contributed by atoms with van der Waals surface area (Å²) in [5.41, 5.74) is 8.33. The van der Waals surface area contributed by atoms with Crippen LogP contribution >= 0.6 is 0 Å². The summed E-state index contributed by atoms with van der Waals surface area (Å²) in [6.45, 7) is -0.0307. The molecule has 4 heterocycles. The first kappa shape index (κ1) is 27.4. The summed E-state index contributed by atoms with van der Waals surface area (Å²) in [5.74, 6) is -2.32. The van der Waals surface area contributed by atoms with Crippen LogP contribution in [0.15, 0.2) is 51.8 Å². The number of carbonyl (C=O) groups excluding carboxylic acids is 4. The number of hydrogen-bond acceptors (Lipinski definition) is 11. The van der Waals surface area contributed by atoms with Crippen LogP contribution in [0.2, 0.25) is 0 Å². The molecule has 1 atom stereocenters. The maximum Gasteiger partial charge on any atom is 0.439 e. The summed E-state index contributed by atoms with van der Waals surface area (Å²) in [6, 6.07) is 11.4. The Hall–Kier alpha value is -6.39. The Labute approximate surface area is 251 Å². The highest BCUT2D eigenvalue weighted by Gasteiger charge is 2.28. The molecule has 17 heteroatoms. The largest absolute Gasteiger partial charge is 0.482 e. The number of aromatic amines is 1. The lowest BCUT2D eigenvalue weighted by molar-refractivity contribution is -0.118. The zero-order valence-electron chi connectivity index (χ0n) is 23.1. The normalized spacial score (nSPS) is 15.1. The lowest BCUT2D eigenvalue weighted by atomic mass is 10.0. The molecule has 0 fully saturated rings. The number of benzene rings is 2. The number of hydrogen-bond donors (Lipinski definition) is 5. The van der Waals surface area contributed by atoms with Crippen LogP contribution in [0.5, 0.6) is 5.75 Å². The van der Waals surface area contributed by atoms with Gasteiger partial charge < -0.3 is 26.4 Å². The summed E-state index contributed by atoms with van der Waals surface area (Å²) < 4.78 is 11.0. The van der Waals surface area contributed by atoms with E-state index in [0.717, 1.165) is 15.6 Å². The van der Waals surface area contributed by atoms with Gasteiger partial charge in [-0.2, -0.15) is 4.52 Å². The molecular weight excluding hydrogens is 588 g/mol. The highest BCUT2D eigenvalue weighted by Crippen LogP contribution is 2.34. The van der Waals surface area contributed by atoms with Crippen molar-refractivity contribution in [2.24, 2.45) is 5.73 Å². The number of nitrogens with zero attached hydrogens (tertiary/aromatic N) is 5. The van der Waals surface area contributed by atoms with Gasteiger partial charge in [0.15, 0.2) is 23.8 Å². The molecule has 5 aromatic rings. The van der Waals surface area contributed by atoms with Crippen LogP contribution in [0.4, 0.5) is 5.69 Å². The number of H-pyrrole nitrogens is 1. The van der Waals surface area contributed by atoms with Gasteiger partial charge in [-0.15, -0.1) is 5.10 Å². The highest BCUT2D eigenvalue weighted by molar-refractivity contribution is 6.01. The molecule has 45 heavy (non-hydrogen) atoms. The van der Waals surface area contributed by atoms with Gasteiger partial charge in [0.1, 0.15) is 17.1 Å². The number of amides is 4. The third kappa shape index (κ3) is 5.11. The van der Waals surface area contributed by atoms with Gasteiger partial charge >= 0.3 is 5.76 Å². The van der Waals surface area contributed by atoms with Crippen LogP contribution in [-0.2, 0) is 17.8 Å². The number of aryl methyl sites for hydroxylation is 1. The number of fused-ring (bicyclic) bond motifs is 3. The summed E-state index contributed by atoms with van der Waals surface area (Å²) in [6.07, 6.45) is 1.23. The van der Waals surface area contributed by atoms with Crippen molar-refractivity contribution >= 4 is 35.0 Å². The maximum absolute atomic E-state index is 13.5. The van der Waals surface area contributed by atoms with Gasteiger partial charge in [-0.05, 0) is 47.7 Å². The summed E-state index contributed by atoms with van der Waals surface area (Å²) in [4.78, 5) is 68.7. The number of carbonyl (C=O) groups is 4. The van der Waals surface area contributed by atoms with Gasteiger partial charge in [0.2, 0.25) is 0 Å². The minimum Gasteiger partial charge on any atom is -0.482 e. The topological polar surface area (TPSA) is 242 Å². The third-order valence-corrected chi connectivity index (χ3v) is 7.44. The van der Waals surface area contributed by atoms with E-state index in [-0.39, 0.29) is 47.8 Å². The molecule has 0 spiro atoms. The maximum atomic E-state index is 13.5. The lowest BCUT2D eigenvalue weighted by Gasteiger charge is -2.18. The minimum absolute atomic E-state index is 0.0494. The zero-order valence-corrected chi connectivity index (χ0v) is 23.1. The van der Waals surface area contributed by atoms with Crippen molar-refractivity contribution in [1.29, 1.82) is 0 Å². The smallest absolute Gasteiger partial charge is 0.439 e. The van der Waals surface area contributed by atoms with Gasteiger partial charge in [0.25, 0.3) is 23.6 Å². The molecule has 4 amide bonds. The molecule has 226 valence electrons. The second-order valence-electron chi connectivity index (χ2n) is 10.3. The molecule has 1 aliphatic heterocycles. The Morgan fingerprint density at radius 3 is 2.76 bits per heavy atom. The number of rotatable bonds is 7. The first-order chi connectivity index (χ1) is 21.7. The van der Waals surface area contributed by atoms with Crippen molar-refractivity contribution in [2.45, 2.75) is 25.4 Å². The number of ether oxygens (including phenoxy) is 1. The van der Waals surface area contributed by atoms with Crippen LogP contribution in [-0.4, -0.2) is 60.2 Å². The minimum atomic E-state index is -0.936. The molecule has 0 bridgehead atoms. The van der Waals surface area contributed by atoms with E-state index in [1.807, 2.05) is 12.1 Å². The van der Waals surface area contributed by atoms with Crippen molar-refractivity contribution in [3.63, 3.8) is 0 Å². The molecule has 3 aromatic heterocycles. The second-order valence-corrected chi connectivity index (χ2v) is 10.3. The average molecular weight is 611 g/mol. The van der Waals surface area contributed by atoms with Crippen molar-refractivity contribution in [3.05, 3.63) is 86.8 Å². The van der Waals surface area contributed by atoms with E-state index >= 15 is 0 Å². The van der Waals surface area contributed by atoms with Crippen molar-refractivity contribution in [3.8, 4) is 17.1 Å². The molecule has 6 N–H and O–H groups in total. The number of primary amides is 1.